The first-order valence-electron chi connectivity index (χ1n) is 8.67. The minimum atomic E-state index is -1.69. The molecule has 0 heterocycles. The lowest BCUT2D eigenvalue weighted by Gasteiger charge is -2.43. The number of benzene rings is 1. The van der Waals surface area contributed by atoms with E-state index < -0.39 is 41.1 Å². The zero-order valence-electron chi connectivity index (χ0n) is 15.3. The van der Waals surface area contributed by atoms with Crippen molar-refractivity contribution in [1.82, 2.24) is 0 Å². The molecule has 0 spiro atoms. The van der Waals surface area contributed by atoms with Crippen molar-refractivity contribution >= 4 is 40.9 Å². The van der Waals surface area contributed by atoms with Crippen LogP contribution in [0.5, 0.6) is 0 Å². The zero-order valence-corrected chi connectivity index (χ0v) is 16.8. The minimum absolute atomic E-state index is 0.0805. The lowest BCUT2D eigenvalue weighted by atomic mass is 9.62. The SMILES string of the molecule is CCOC(=O)[C@@H]1C(=O)C[C@](C)(O)[C@@H](C(=O)OCC)[C@@H]1c1ccc(Cl)c(Cl)c1. The fourth-order valence-electron chi connectivity index (χ4n) is 3.60. The molecule has 1 aliphatic rings. The average Bonchev–Trinajstić information content (AvgIpc) is 2.56. The number of ether oxygens (including phenoxy) is 2. The topological polar surface area (TPSA) is 89.9 Å². The Labute approximate surface area is 167 Å². The molecule has 1 N–H and O–H groups in total. The third-order valence-electron chi connectivity index (χ3n) is 4.68. The van der Waals surface area contributed by atoms with Crippen molar-refractivity contribution < 1.29 is 29.0 Å². The number of carbonyl (C=O) groups is 3. The van der Waals surface area contributed by atoms with Gasteiger partial charge in [0.15, 0.2) is 5.78 Å². The second-order valence-corrected chi connectivity index (χ2v) is 7.47. The highest BCUT2D eigenvalue weighted by atomic mass is 35.5. The summed E-state index contributed by atoms with van der Waals surface area (Å²) in [4.78, 5) is 37.9. The number of rotatable bonds is 5. The number of Topliss-reactive ketones (excluding diaryl/α,β-unsaturated/α-hetero) is 1. The number of hydrogen-bond acceptors (Lipinski definition) is 6. The van der Waals surface area contributed by atoms with E-state index in [1.807, 2.05) is 0 Å². The van der Waals surface area contributed by atoms with Crippen LogP contribution in [0.1, 0.15) is 38.7 Å². The smallest absolute Gasteiger partial charge is 0.317 e. The van der Waals surface area contributed by atoms with Crippen LogP contribution in [0, 0.1) is 11.8 Å². The highest BCUT2D eigenvalue weighted by Crippen LogP contribution is 2.47. The maximum atomic E-state index is 12.7. The number of ketones is 1. The van der Waals surface area contributed by atoms with Crippen LogP contribution >= 0.6 is 23.2 Å². The maximum Gasteiger partial charge on any atom is 0.317 e. The van der Waals surface area contributed by atoms with Gasteiger partial charge in [-0.05, 0) is 38.5 Å². The summed E-state index contributed by atoms with van der Waals surface area (Å²) in [6.45, 7) is 4.82. The first-order valence-corrected chi connectivity index (χ1v) is 9.42. The zero-order chi connectivity index (χ0) is 20.4. The Morgan fingerprint density at radius 3 is 2.30 bits per heavy atom. The number of esters is 2. The molecule has 6 nitrogen and oxygen atoms in total. The summed E-state index contributed by atoms with van der Waals surface area (Å²) in [5.74, 6) is -5.34. The van der Waals surface area contributed by atoms with Gasteiger partial charge >= 0.3 is 11.9 Å². The molecule has 0 bridgehead atoms. The molecule has 0 aliphatic heterocycles. The molecule has 1 fully saturated rings. The van der Waals surface area contributed by atoms with E-state index in [9.17, 15) is 19.5 Å². The molecule has 1 aromatic rings. The van der Waals surface area contributed by atoms with Crippen LogP contribution in [0.2, 0.25) is 10.0 Å². The van der Waals surface area contributed by atoms with Crippen molar-refractivity contribution in [3.05, 3.63) is 33.8 Å². The highest BCUT2D eigenvalue weighted by molar-refractivity contribution is 6.42. The first-order chi connectivity index (χ1) is 12.6. The van der Waals surface area contributed by atoms with E-state index in [1.165, 1.54) is 19.1 Å². The molecular formula is C19H22Cl2O6. The Balaban J connectivity index is 2.64. The molecule has 148 valence electrons. The van der Waals surface area contributed by atoms with Crippen molar-refractivity contribution in [2.75, 3.05) is 13.2 Å². The van der Waals surface area contributed by atoms with Crippen LogP contribution in [0.3, 0.4) is 0 Å². The molecule has 0 radical (unpaired) electrons. The van der Waals surface area contributed by atoms with E-state index in [1.54, 1.807) is 19.9 Å². The summed E-state index contributed by atoms with van der Waals surface area (Å²) in [7, 11) is 0. The van der Waals surface area contributed by atoms with Gasteiger partial charge in [0.05, 0.1) is 34.8 Å². The monoisotopic (exact) mass is 416 g/mol. The number of hydrogen-bond donors (Lipinski definition) is 1. The van der Waals surface area contributed by atoms with Gasteiger partial charge in [-0.1, -0.05) is 29.3 Å². The van der Waals surface area contributed by atoms with Gasteiger partial charge in [0.2, 0.25) is 0 Å². The third-order valence-corrected chi connectivity index (χ3v) is 5.42. The number of carbonyl (C=O) groups excluding carboxylic acids is 3. The summed E-state index contributed by atoms with van der Waals surface area (Å²) in [5.41, 5.74) is -1.27. The van der Waals surface area contributed by atoms with Gasteiger partial charge in [0.25, 0.3) is 0 Å². The predicted molar refractivity (Wildman–Crippen MR) is 99.7 cm³/mol. The molecule has 8 heteroatoms. The van der Waals surface area contributed by atoms with Crippen molar-refractivity contribution in [2.24, 2.45) is 11.8 Å². The quantitative estimate of drug-likeness (QED) is 0.585. The van der Waals surface area contributed by atoms with Crippen LogP contribution in [-0.4, -0.2) is 41.6 Å². The lowest BCUT2D eigenvalue weighted by Crippen LogP contribution is -2.55. The Morgan fingerprint density at radius 1 is 1.15 bits per heavy atom. The van der Waals surface area contributed by atoms with Gasteiger partial charge in [-0.15, -0.1) is 0 Å². The lowest BCUT2D eigenvalue weighted by molar-refractivity contribution is -0.172. The predicted octanol–water partition coefficient (Wildman–Crippen LogP) is 3.16. The molecule has 1 saturated carbocycles. The highest BCUT2D eigenvalue weighted by Gasteiger charge is 2.57. The molecule has 1 aliphatic carbocycles. The summed E-state index contributed by atoms with van der Waals surface area (Å²) in [5, 5.41) is 11.3. The molecule has 27 heavy (non-hydrogen) atoms. The molecule has 0 unspecified atom stereocenters. The molecule has 4 atom stereocenters. The first kappa shape index (κ1) is 21.7. The Bertz CT molecular complexity index is 746. The fourth-order valence-corrected chi connectivity index (χ4v) is 3.91. The average molecular weight is 417 g/mol. The van der Waals surface area contributed by atoms with Crippen LogP contribution in [0.4, 0.5) is 0 Å². The molecule has 0 aromatic heterocycles. The van der Waals surface area contributed by atoms with Crippen LogP contribution < -0.4 is 0 Å². The number of halogens is 2. The van der Waals surface area contributed by atoms with Crippen LogP contribution in [0.15, 0.2) is 18.2 Å². The van der Waals surface area contributed by atoms with Gasteiger partial charge in [-0.2, -0.15) is 0 Å². The van der Waals surface area contributed by atoms with Gasteiger partial charge in [0.1, 0.15) is 5.92 Å². The van der Waals surface area contributed by atoms with Crippen molar-refractivity contribution in [3.8, 4) is 0 Å². The Morgan fingerprint density at radius 2 is 1.74 bits per heavy atom. The van der Waals surface area contributed by atoms with Gasteiger partial charge in [-0.3, -0.25) is 14.4 Å². The molecule has 0 saturated heterocycles. The van der Waals surface area contributed by atoms with Gasteiger partial charge in [0, 0.05) is 12.3 Å². The molecule has 2 rings (SSSR count). The third kappa shape index (κ3) is 4.45. The van der Waals surface area contributed by atoms with Crippen molar-refractivity contribution in [1.29, 1.82) is 0 Å². The van der Waals surface area contributed by atoms with Crippen LogP contribution in [0.25, 0.3) is 0 Å². The van der Waals surface area contributed by atoms with E-state index in [4.69, 9.17) is 32.7 Å². The molecule has 1 aromatic carbocycles. The largest absolute Gasteiger partial charge is 0.466 e. The van der Waals surface area contributed by atoms with Crippen molar-refractivity contribution in [2.45, 2.75) is 38.7 Å². The molecular weight excluding hydrogens is 395 g/mol. The summed E-state index contributed by atoms with van der Waals surface area (Å²) >= 11 is 12.1. The van der Waals surface area contributed by atoms with Gasteiger partial charge < -0.3 is 14.6 Å². The summed E-state index contributed by atoms with van der Waals surface area (Å²) in [6.07, 6.45) is -0.363. The second kappa shape index (κ2) is 8.59. The van der Waals surface area contributed by atoms with E-state index in [-0.39, 0.29) is 29.7 Å². The maximum absolute atomic E-state index is 12.7. The van der Waals surface area contributed by atoms with E-state index >= 15 is 0 Å². The standard InChI is InChI=1S/C19H22Cl2O6/c1-4-26-17(23)15-13(22)9-19(3,25)16(18(24)27-5-2)14(15)10-6-7-11(20)12(21)8-10/h6-8,14-16,25H,4-5,9H2,1-3H3/t14-,15-,16-,19+/m1/s1. The minimum Gasteiger partial charge on any atom is -0.466 e. The van der Waals surface area contributed by atoms with E-state index in [2.05, 4.69) is 0 Å². The molecule has 0 amide bonds. The Hall–Kier alpha value is -1.63. The second-order valence-electron chi connectivity index (χ2n) is 6.66. The summed E-state index contributed by atoms with van der Waals surface area (Å²) < 4.78 is 10.2. The van der Waals surface area contributed by atoms with Gasteiger partial charge in [-0.25, -0.2) is 0 Å². The Kier molecular flexibility index (Phi) is 6.89. The summed E-state index contributed by atoms with van der Waals surface area (Å²) in [6, 6.07) is 4.57. The number of aliphatic hydroxyl groups is 1. The fraction of sp³-hybridized carbons (Fsp3) is 0.526. The normalized spacial score (nSPS) is 27.9. The van der Waals surface area contributed by atoms with Crippen LogP contribution in [-0.2, 0) is 23.9 Å². The van der Waals surface area contributed by atoms with Crippen molar-refractivity contribution in [3.63, 3.8) is 0 Å². The van der Waals surface area contributed by atoms with E-state index in [0.717, 1.165) is 0 Å². The van der Waals surface area contributed by atoms with E-state index in [0.29, 0.717) is 5.56 Å².